The lowest BCUT2D eigenvalue weighted by Crippen LogP contribution is -2.15. The Morgan fingerprint density at radius 1 is 1.53 bits per heavy atom. The highest BCUT2D eigenvalue weighted by atomic mass is 32.2. The molecule has 8 nitrogen and oxygen atoms in total. The Balaban J connectivity index is 2.45. The van der Waals surface area contributed by atoms with Crippen molar-refractivity contribution in [3.63, 3.8) is 0 Å². The summed E-state index contributed by atoms with van der Waals surface area (Å²) < 4.78 is 27.9. The average molecular weight is 256 g/mol. The van der Waals surface area contributed by atoms with Crippen LogP contribution in [0, 0.1) is 6.92 Å². The minimum absolute atomic E-state index is 0.0189. The molecule has 0 aliphatic heterocycles. The maximum atomic E-state index is 12.1. The Kier molecular flexibility index (Phi) is 2.54. The fourth-order valence-corrected chi connectivity index (χ4v) is 2.80. The number of nitrogens with one attached hydrogen (secondary N) is 2. The van der Waals surface area contributed by atoms with Gasteiger partial charge in [0, 0.05) is 13.1 Å². The number of nitrogen functional groups attached to an aromatic ring is 1. The molecule has 0 saturated heterocycles. The zero-order valence-electron chi connectivity index (χ0n) is 9.30. The maximum absolute atomic E-state index is 12.1. The molecule has 0 saturated carbocycles. The molecule has 17 heavy (non-hydrogen) atoms. The molecule has 0 fully saturated rings. The molecule has 0 radical (unpaired) electrons. The molecule has 0 aromatic carbocycles. The first-order valence-corrected chi connectivity index (χ1v) is 6.21. The lowest BCUT2D eigenvalue weighted by atomic mass is 10.5. The van der Waals surface area contributed by atoms with Crippen molar-refractivity contribution >= 4 is 21.7 Å². The Labute approximate surface area is 97.9 Å². The standard InChI is InChI=1S/C8H12N6O2S/c1-5-7(8(9)12-14(5)2)17(15,16)13-6-3-4-10-11-6/h3-4H,1-2H3,(H2,9,12)(H2,10,11,13). The lowest BCUT2D eigenvalue weighted by Gasteiger charge is -2.05. The van der Waals surface area contributed by atoms with E-state index in [1.165, 1.54) is 16.9 Å². The Morgan fingerprint density at radius 3 is 2.71 bits per heavy atom. The molecule has 2 rings (SSSR count). The number of nitrogens with zero attached hydrogens (tertiary/aromatic N) is 3. The highest BCUT2D eigenvalue weighted by molar-refractivity contribution is 7.93. The molecule has 0 atom stereocenters. The molecule has 0 unspecified atom stereocenters. The van der Waals surface area contributed by atoms with E-state index in [4.69, 9.17) is 5.73 Å². The second-order valence-electron chi connectivity index (χ2n) is 3.50. The zero-order valence-corrected chi connectivity index (χ0v) is 10.1. The molecular weight excluding hydrogens is 244 g/mol. The summed E-state index contributed by atoms with van der Waals surface area (Å²) in [7, 11) is -2.13. The van der Waals surface area contributed by atoms with Crippen molar-refractivity contribution in [3.05, 3.63) is 18.0 Å². The number of aryl methyl sites for hydroxylation is 1. The summed E-state index contributed by atoms with van der Waals surface area (Å²) in [5.41, 5.74) is 6.05. The zero-order chi connectivity index (χ0) is 12.6. The molecule has 0 bridgehead atoms. The Bertz CT molecular complexity index is 627. The summed E-state index contributed by atoms with van der Waals surface area (Å²) in [6, 6.07) is 1.50. The van der Waals surface area contributed by atoms with Crippen molar-refractivity contribution in [2.45, 2.75) is 11.8 Å². The van der Waals surface area contributed by atoms with Gasteiger partial charge in [-0.2, -0.15) is 10.2 Å². The predicted molar refractivity (Wildman–Crippen MR) is 61.8 cm³/mol. The SMILES string of the molecule is Cc1c(S(=O)(=O)Nc2ccn[nH]2)c(N)nn1C. The van der Waals surface area contributed by atoms with Crippen molar-refractivity contribution in [1.82, 2.24) is 20.0 Å². The van der Waals surface area contributed by atoms with Gasteiger partial charge in [0.1, 0.15) is 5.82 Å². The van der Waals surface area contributed by atoms with Crippen LogP contribution in [0.5, 0.6) is 0 Å². The third-order valence-electron chi connectivity index (χ3n) is 2.32. The van der Waals surface area contributed by atoms with Gasteiger partial charge in [-0.3, -0.25) is 14.5 Å². The fraction of sp³-hybridized carbons (Fsp3) is 0.250. The van der Waals surface area contributed by atoms with Gasteiger partial charge in [0.2, 0.25) is 0 Å². The van der Waals surface area contributed by atoms with Crippen molar-refractivity contribution in [2.24, 2.45) is 7.05 Å². The van der Waals surface area contributed by atoms with Crippen LogP contribution in [0.3, 0.4) is 0 Å². The van der Waals surface area contributed by atoms with Crippen LogP contribution < -0.4 is 10.5 Å². The van der Waals surface area contributed by atoms with Gasteiger partial charge in [0.15, 0.2) is 10.7 Å². The normalized spacial score (nSPS) is 11.6. The van der Waals surface area contributed by atoms with Gasteiger partial charge in [-0.05, 0) is 6.92 Å². The van der Waals surface area contributed by atoms with E-state index in [-0.39, 0.29) is 16.5 Å². The predicted octanol–water partition coefficient (Wildman–Crippen LogP) is -0.165. The summed E-state index contributed by atoms with van der Waals surface area (Å²) >= 11 is 0. The van der Waals surface area contributed by atoms with E-state index < -0.39 is 10.0 Å². The van der Waals surface area contributed by atoms with Gasteiger partial charge >= 0.3 is 0 Å². The highest BCUT2D eigenvalue weighted by Crippen LogP contribution is 2.23. The van der Waals surface area contributed by atoms with Crippen LogP contribution in [0.2, 0.25) is 0 Å². The summed E-state index contributed by atoms with van der Waals surface area (Å²) in [5.74, 6) is 0.240. The van der Waals surface area contributed by atoms with Crippen LogP contribution in [-0.2, 0) is 17.1 Å². The van der Waals surface area contributed by atoms with Crippen molar-refractivity contribution in [3.8, 4) is 0 Å². The average Bonchev–Trinajstić information content (AvgIpc) is 2.76. The number of hydrogen-bond acceptors (Lipinski definition) is 5. The molecule has 0 amide bonds. The topological polar surface area (TPSA) is 119 Å². The number of sulfonamides is 1. The van der Waals surface area contributed by atoms with E-state index in [2.05, 4.69) is 20.0 Å². The van der Waals surface area contributed by atoms with Gasteiger partial charge in [0.25, 0.3) is 10.0 Å². The Morgan fingerprint density at radius 2 is 2.24 bits per heavy atom. The van der Waals surface area contributed by atoms with E-state index in [0.29, 0.717) is 5.69 Å². The van der Waals surface area contributed by atoms with Crippen LogP contribution in [0.15, 0.2) is 17.2 Å². The molecule has 92 valence electrons. The number of H-pyrrole nitrogens is 1. The first-order chi connectivity index (χ1) is 7.92. The van der Waals surface area contributed by atoms with E-state index in [1.807, 2.05) is 0 Å². The fourth-order valence-electron chi connectivity index (χ4n) is 1.45. The molecule has 0 aliphatic rings. The highest BCUT2D eigenvalue weighted by Gasteiger charge is 2.24. The number of nitrogens with two attached hydrogens (primary N) is 1. The summed E-state index contributed by atoms with van der Waals surface area (Å²) in [6.45, 7) is 1.63. The van der Waals surface area contributed by atoms with Gasteiger partial charge in [-0.25, -0.2) is 8.42 Å². The van der Waals surface area contributed by atoms with Crippen LogP contribution >= 0.6 is 0 Å². The van der Waals surface area contributed by atoms with Crippen molar-refractivity contribution < 1.29 is 8.42 Å². The van der Waals surface area contributed by atoms with Crippen LogP contribution in [0.25, 0.3) is 0 Å². The second-order valence-corrected chi connectivity index (χ2v) is 5.12. The van der Waals surface area contributed by atoms with Crippen LogP contribution in [0.1, 0.15) is 5.69 Å². The maximum Gasteiger partial charge on any atom is 0.268 e. The number of anilines is 2. The number of aromatic amines is 1. The quantitative estimate of drug-likeness (QED) is 0.704. The number of hydrogen-bond donors (Lipinski definition) is 3. The van der Waals surface area contributed by atoms with Crippen molar-refractivity contribution in [2.75, 3.05) is 10.5 Å². The smallest absolute Gasteiger partial charge is 0.268 e. The number of rotatable bonds is 3. The molecular formula is C8H12N6O2S. The molecule has 0 spiro atoms. The molecule has 9 heteroatoms. The third kappa shape index (κ3) is 1.96. The largest absolute Gasteiger partial charge is 0.381 e. The monoisotopic (exact) mass is 256 g/mol. The van der Waals surface area contributed by atoms with E-state index in [9.17, 15) is 8.42 Å². The lowest BCUT2D eigenvalue weighted by molar-refractivity contribution is 0.600. The van der Waals surface area contributed by atoms with Crippen LogP contribution in [0.4, 0.5) is 11.6 Å². The first-order valence-electron chi connectivity index (χ1n) is 4.73. The van der Waals surface area contributed by atoms with Crippen LogP contribution in [-0.4, -0.2) is 28.4 Å². The third-order valence-corrected chi connectivity index (χ3v) is 3.85. The van der Waals surface area contributed by atoms with Gasteiger partial charge in [-0.15, -0.1) is 0 Å². The van der Waals surface area contributed by atoms with Gasteiger partial charge < -0.3 is 5.73 Å². The second kappa shape index (κ2) is 3.77. The molecule has 0 aliphatic carbocycles. The number of aromatic nitrogens is 4. The first kappa shape index (κ1) is 11.5. The van der Waals surface area contributed by atoms with Gasteiger partial charge in [0.05, 0.1) is 11.9 Å². The molecule has 2 aromatic heterocycles. The summed E-state index contributed by atoms with van der Waals surface area (Å²) in [6.07, 6.45) is 1.44. The molecule has 2 heterocycles. The summed E-state index contributed by atoms with van der Waals surface area (Å²) in [4.78, 5) is -0.0189. The minimum Gasteiger partial charge on any atom is -0.381 e. The van der Waals surface area contributed by atoms with Crippen molar-refractivity contribution in [1.29, 1.82) is 0 Å². The van der Waals surface area contributed by atoms with E-state index in [1.54, 1.807) is 14.0 Å². The Hall–Kier alpha value is -2.03. The van der Waals surface area contributed by atoms with E-state index in [0.717, 1.165) is 0 Å². The van der Waals surface area contributed by atoms with Gasteiger partial charge in [-0.1, -0.05) is 0 Å². The molecule has 2 aromatic rings. The summed E-state index contributed by atoms with van der Waals surface area (Å²) in [5, 5.41) is 10.0. The minimum atomic E-state index is -3.75. The molecule has 4 N–H and O–H groups in total. The van der Waals surface area contributed by atoms with E-state index >= 15 is 0 Å².